The van der Waals surface area contributed by atoms with Crippen LogP contribution >= 0.6 is 0 Å². The quantitative estimate of drug-likeness (QED) is 0.475. The average molecular weight is 325 g/mol. The summed E-state index contributed by atoms with van der Waals surface area (Å²) in [5.41, 5.74) is -0.0272. The molecule has 0 aromatic rings. The average Bonchev–Trinajstić information content (AvgIpc) is 2.44. The first kappa shape index (κ1) is 19.8. The lowest BCUT2D eigenvalue weighted by Gasteiger charge is -2.43. The summed E-state index contributed by atoms with van der Waals surface area (Å²) in [6.07, 6.45) is 5.21. The molecule has 1 amide bonds. The van der Waals surface area contributed by atoms with Crippen LogP contribution in [0.5, 0.6) is 0 Å². The number of hydrogen-bond donors (Lipinski definition) is 3. The first-order chi connectivity index (χ1) is 10.7. The van der Waals surface area contributed by atoms with Crippen molar-refractivity contribution in [3.8, 4) is 0 Å². The third-order valence-corrected chi connectivity index (χ3v) is 4.76. The predicted molar refractivity (Wildman–Crippen MR) is 97.6 cm³/mol. The van der Waals surface area contributed by atoms with Crippen molar-refractivity contribution in [3.05, 3.63) is 0 Å². The molecule has 1 fully saturated rings. The Morgan fingerprint density at radius 2 is 1.87 bits per heavy atom. The molecule has 5 nitrogen and oxygen atoms in total. The Labute approximate surface area is 142 Å². The molecule has 0 saturated heterocycles. The molecule has 0 spiro atoms. The molecule has 1 aliphatic carbocycles. The van der Waals surface area contributed by atoms with Gasteiger partial charge in [0, 0.05) is 26.7 Å². The van der Waals surface area contributed by atoms with Crippen molar-refractivity contribution in [2.24, 2.45) is 21.7 Å². The number of rotatable bonds is 8. The van der Waals surface area contributed by atoms with Crippen LogP contribution in [0.15, 0.2) is 4.99 Å². The van der Waals surface area contributed by atoms with Gasteiger partial charge >= 0.3 is 0 Å². The SMILES string of the molecule is CCNC(=O)C(C)(C)CNC(=NC)NCC1(CC(C)C)CCC1. The van der Waals surface area contributed by atoms with Crippen molar-refractivity contribution >= 4 is 11.9 Å². The molecule has 0 radical (unpaired) electrons. The van der Waals surface area contributed by atoms with Crippen molar-refractivity contribution in [2.45, 2.75) is 60.3 Å². The standard InChI is InChI=1S/C18H36N4O/c1-7-20-15(23)17(4,5)12-21-16(19-6)22-13-18(9-8-10-18)11-14(2)3/h14H,7-13H2,1-6H3,(H,20,23)(H2,19,21,22). The summed E-state index contributed by atoms with van der Waals surface area (Å²) < 4.78 is 0. The third-order valence-electron chi connectivity index (χ3n) is 4.76. The molecule has 3 N–H and O–H groups in total. The molecule has 0 bridgehead atoms. The normalized spacial score (nSPS) is 17.6. The Bertz CT molecular complexity index is 411. The highest BCUT2D eigenvalue weighted by molar-refractivity contribution is 5.84. The summed E-state index contributed by atoms with van der Waals surface area (Å²) in [6.45, 7) is 12.6. The molecule has 0 atom stereocenters. The minimum atomic E-state index is -0.459. The fourth-order valence-corrected chi connectivity index (χ4v) is 3.27. The number of carbonyl (C=O) groups is 1. The van der Waals surface area contributed by atoms with E-state index in [-0.39, 0.29) is 5.91 Å². The topological polar surface area (TPSA) is 65.5 Å². The van der Waals surface area contributed by atoms with Gasteiger partial charge in [0.15, 0.2) is 5.96 Å². The molecule has 0 heterocycles. The Morgan fingerprint density at radius 3 is 2.30 bits per heavy atom. The number of nitrogens with one attached hydrogen (secondary N) is 3. The second-order valence-corrected chi connectivity index (χ2v) is 7.97. The number of aliphatic imine (C=N–C) groups is 1. The zero-order chi connectivity index (χ0) is 17.5. The highest BCUT2D eigenvalue weighted by Crippen LogP contribution is 2.45. The fraction of sp³-hybridized carbons (Fsp3) is 0.889. The van der Waals surface area contributed by atoms with Gasteiger partial charge in [-0.2, -0.15) is 0 Å². The maximum absolute atomic E-state index is 12.0. The number of guanidine groups is 1. The van der Waals surface area contributed by atoms with E-state index >= 15 is 0 Å². The second kappa shape index (κ2) is 8.55. The molecule has 0 unspecified atom stereocenters. The lowest BCUT2D eigenvalue weighted by Crippen LogP contribution is -2.50. The summed E-state index contributed by atoms with van der Waals surface area (Å²) in [5.74, 6) is 1.58. The van der Waals surface area contributed by atoms with E-state index in [0.29, 0.717) is 18.5 Å². The maximum Gasteiger partial charge on any atom is 0.227 e. The van der Waals surface area contributed by atoms with Crippen LogP contribution in [0.3, 0.4) is 0 Å². The zero-order valence-electron chi connectivity index (χ0n) is 15.9. The first-order valence-electron chi connectivity index (χ1n) is 8.97. The summed E-state index contributed by atoms with van der Waals surface area (Å²) in [6, 6.07) is 0. The van der Waals surface area contributed by atoms with Crippen LogP contribution in [0.4, 0.5) is 0 Å². The molecule has 5 heteroatoms. The van der Waals surface area contributed by atoms with E-state index in [0.717, 1.165) is 18.4 Å². The molecule has 134 valence electrons. The monoisotopic (exact) mass is 324 g/mol. The third kappa shape index (κ3) is 6.04. The van der Waals surface area contributed by atoms with Gasteiger partial charge in [-0.3, -0.25) is 9.79 Å². The van der Waals surface area contributed by atoms with Crippen LogP contribution in [0.1, 0.15) is 60.3 Å². The Balaban J connectivity index is 2.47. The predicted octanol–water partition coefficient (Wildman–Crippen LogP) is 2.53. The summed E-state index contributed by atoms with van der Waals surface area (Å²) in [7, 11) is 1.78. The van der Waals surface area contributed by atoms with Crippen molar-refractivity contribution in [1.82, 2.24) is 16.0 Å². The number of nitrogens with zero attached hydrogens (tertiary/aromatic N) is 1. The van der Waals surface area contributed by atoms with Gasteiger partial charge < -0.3 is 16.0 Å². The van der Waals surface area contributed by atoms with Crippen LogP contribution in [0.2, 0.25) is 0 Å². The van der Waals surface area contributed by atoms with Crippen LogP contribution in [0, 0.1) is 16.7 Å². The van der Waals surface area contributed by atoms with Gasteiger partial charge in [-0.15, -0.1) is 0 Å². The molecule has 1 rings (SSSR count). The fourth-order valence-electron chi connectivity index (χ4n) is 3.27. The van der Waals surface area contributed by atoms with E-state index in [9.17, 15) is 4.79 Å². The van der Waals surface area contributed by atoms with Crippen LogP contribution in [-0.4, -0.2) is 38.5 Å². The highest BCUT2D eigenvalue weighted by Gasteiger charge is 2.37. The van der Waals surface area contributed by atoms with Gasteiger partial charge in [-0.05, 0) is 51.4 Å². The van der Waals surface area contributed by atoms with Crippen LogP contribution < -0.4 is 16.0 Å². The molecule has 0 aromatic heterocycles. The second-order valence-electron chi connectivity index (χ2n) is 7.97. The van der Waals surface area contributed by atoms with E-state index in [1.807, 2.05) is 20.8 Å². The number of hydrogen-bond acceptors (Lipinski definition) is 2. The van der Waals surface area contributed by atoms with Crippen molar-refractivity contribution in [3.63, 3.8) is 0 Å². The lowest BCUT2D eigenvalue weighted by molar-refractivity contribution is -0.128. The lowest BCUT2D eigenvalue weighted by atomic mass is 9.64. The van der Waals surface area contributed by atoms with Gasteiger partial charge in [-0.1, -0.05) is 20.3 Å². The smallest absolute Gasteiger partial charge is 0.227 e. The van der Waals surface area contributed by atoms with Gasteiger partial charge in [0.2, 0.25) is 5.91 Å². The molecule has 23 heavy (non-hydrogen) atoms. The number of amides is 1. The minimum Gasteiger partial charge on any atom is -0.356 e. The molecule has 0 aliphatic heterocycles. The molecular formula is C18H36N4O. The summed E-state index contributed by atoms with van der Waals surface area (Å²) >= 11 is 0. The molecular weight excluding hydrogens is 288 g/mol. The van der Waals surface area contributed by atoms with Crippen LogP contribution in [0.25, 0.3) is 0 Å². The van der Waals surface area contributed by atoms with E-state index in [2.05, 4.69) is 34.8 Å². The van der Waals surface area contributed by atoms with Gasteiger partial charge in [0.25, 0.3) is 0 Å². The highest BCUT2D eigenvalue weighted by atomic mass is 16.2. The largest absolute Gasteiger partial charge is 0.356 e. The minimum absolute atomic E-state index is 0.0678. The van der Waals surface area contributed by atoms with E-state index in [4.69, 9.17) is 0 Å². The van der Waals surface area contributed by atoms with Crippen molar-refractivity contribution < 1.29 is 4.79 Å². The van der Waals surface area contributed by atoms with Crippen molar-refractivity contribution in [1.29, 1.82) is 0 Å². The summed E-state index contributed by atoms with van der Waals surface area (Å²) in [4.78, 5) is 16.3. The Hall–Kier alpha value is -1.26. The molecule has 1 aliphatic rings. The van der Waals surface area contributed by atoms with Gasteiger partial charge in [0.05, 0.1) is 5.41 Å². The maximum atomic E-state index is 12.0. The van der Waals surface area contributed by atoms with Gasteiger partial charge in [0.1, 0.15) is 0 Å². The zero-order valence-corrected chi connectivity index (χ0v) is 15.9. The van der Waals surface area contributed by atoms with Crippen molar-refractivity contribution in [2.75, 3.05) is 26.7 Å². The Morgan fingerprint density at radius 1 is 1.22 bits per heavy atom. The van der Waals surface area contributed by atoms with Crippen LogP contribution in [-0.2, 0) is 4.79 Å². The Kier molecular flexibility index (Phi) is 7.36. The molecule has 0 aromatic carbocycles. The first-order valence-corrected chi connectivity index (χ1v) is 8.97. The summed E-state index contributed by atoms with van der Waals surface area (Å²) in [5, 5.41) is 9.65. The van der Waals surface area contributed by atoms with E-state index < -0.39 is 5.41 Å². The van der Waals surface area contributed by atoms with E-state index in [1.165, 1.54) is 25.7 Å². The number of carbonyl (C=O) groups excluding carboxylic acids is 1. The van der Waals surface area contributed by atoms with Gasteiger partial charge in [-0.25, -0.2) is 0 Å². The molecule has 1 saturated carbocycles. The van der Waals surface area contributed by atoms with E-state index in [1.54, 1.807) is 7.05 Å².